The Hall–Kier alpha value is -2.22. The lowest BCUT2D eigenvalue weighted by Crippen LogP contribution is -2.35. The van der Waals surface area contributed by atoms with Gasteiger partial charge in [0, 0.05) is 5.56 Å². The van der Waals surface area contributed by atoms with E-state index >= 15 is 0 Å². The third kappa shape index (κ3) is 2.54. The quantitative estimate of drug-likeness (QED) is 0.842. The number of nitriles is 1. The normalized spacial score (nSPS) is 15.6. The van der Waals surface area contributed by atoms with Crippen molar-refractivity contribution in [2.24, 2.45) is 5.92 Å². The Labute approximate surface area is 105 Å². The van der Waals surface area contributed by atoms with Crippen molar-refractivity contribution in [2.45, 2.75) is 18.9 Å². The minimum Gasteiger partial charge on any atom is -0.504 e. The molecule has 1 amide bonds. The highest BCUT2D eigenvalue weighted by molar-refractivity contribution is 5.95. The number of carbonyl (C=O) groups excluding carboxylic acids is 1. The van der Waals surface area contributed by atoms with Crippen LogP contribution in [0.1, 0.15) is 23.2 Å². The van der Waals surface area contributed by atoms with Crippen LogP contribution in [0, 0.1) is 17.2 Å². The summed E-state index contributed by atoms with van der Waals surface area (Å²) < 4.78 is 4.90. The van der Waals surface area contributed by atoms with Crippen LogP contribution < -0.4 is 10.1 Å². The van der Waals surface area contributed by atoms with Crippen LogP contribution in [0.2, 0.25) is 0 Å². The lowest BCUT2D eigenvalue weighted by Gasteiger charge is -2.11. The molecule has 1 atom stereocenters. The van der Waals surface area contributed by atoms with Gasteiger partial charge in [-0.1, -0.05) is 0 Å². The van der Waals surface area contributed by atoms with Gasteiger partial charge in [-0.2, -0.15) is 5.26 Å². The van der Waals surface area contributed by atoms with Gasteiger partial charge in [-0.05, 0) is 37.0 Å². The second-order valence-corrected chi connectivity index (χ2v) is 4.30. The summed E-state index contributed by atoms with van der Waals surface area (Å²) >= 11 is 0. The Kier molecular flexibility index (Phi) is 3.38. The van der Waals surface area contributed by atoms with Crippen molar-refractivity contribution in [3.05, 3.63) is 23.8 Å². The van der Waals surface area contributed by atoms with Gasteiger partial charge in [0.25, 0.3) is 5.91 Å². The Bertz CT molecular complexity index is 503. The van der Waals surface area contributed by atoms with Crippen LogP contribution in [-0.2, 0) is 0 Å². The van der Waals surface area contributed by atoms with Crippen molar-refractivity contribution < 1.29 is 14.6 Å². The average Bonchev–Trinajstić information content (AvgIpc) is 3.19. The summed E-state index contributed by atoms with van der Waals surface area (Å²) in [5.74, 6) is 0.132. The molecule has 1 aliphatic carbocycles. The molecule has 0 radical (unpaired) electrons. The monoisotopic (exact) mass is 246 g/mol. The van der Waals surface area contributed by atoms with Crippen molar-refractivity contribution in [1.29, 1.82) is 5.26 Å². The highest BCUT2D eigenvalue weighted by Crippen LogP contribution is 2.32. The number of aromatic hydroxyl groups is 1. The zero-order valence-electron chi connectivity index (χ0n) is 10.0. The van der Waals surface area contributed by atoms with Gasteiger partial charge in [-0.15, -0.1) is 0 Å². The van der Waals surface area contributed by atoms with Gasteiger partial charge < -0.3 is 15.2 Å². The summed E-state index contributed by atoms with van der Waals surface area (Å²) in [6.45, 7) is 0. The molecule has 0 heterocycles. The van der Waals surface area contributed by atoms with E-state index in [4.69, 9.17) is 10.00 Å². The lowest BCUT2D eigenvalue weighted by atomic mass is 10.1. The van der Waals surface area contributed by atoms with Gasteiger partial charge in [0.15, 0.2) is 11.5 Å². The van der Waals surface area contributed by atoms with E-state index in [1.807, 2.05) is 0 Å². The van der Waals surface area contributed by atoms with Crippen LogP contribution in [0.4, 0.5) is 0 Å². The fraction of sp³-hybridized carbons (Fsp3) is 0.385. The first-order valence-corrected chi connectivity index (χ1v) is 5.73. The number of phenols is 1. The molecule has 0 aromatic heterocycles. The third-order valence-electron chi connectivity index (χ3n) is 2.96. The topological polar surface area (TPSA) is 82.3 Å². The highest BCUT2D eigenvalue weighted by atomic mass is 16.5. The van der Waals surface area contributed by atoms with Crippen LogP contribution in [0.25, 0.3) is 0 Å². The molecule has 1 aliphatic rings. The number of benzene rings is 1. The van der Waals surface area contributed by atoms with Crippen LogP contribution >= 0.6 is 0 Å². The van der Waals surface area contributed by atoms with Gasteiger partial charge in [0.2, 0.25) is 0 Å². The van der Waals surface area contributed by atoms with E-state index in [1.54, 1.807) is 6.07 Å². The summed E-state index contributed by atoms with van der Waals surface area (Å²) in [4.78, 5) is 11.9. The standard InChI is InChI=1S/C13H14N2O3/c1-18-12-5-4-9(6-11(12)16)13(17)15-10(7-14)8-2-3-8/h4-6,8,10,16H,2-3H2,1H3,(H,15,17). The van der Waals surface area contributed by atoms with Crippen molar-refractivity contribution in [3.8, 4) is 17.6 Å². The van der Waals surface area contributed by atoms with Gasteiger partial charge in [0.1, 0.15) is 6.04 Å². The first-order valence-electron chi connectivity index (χ1n) is 5.73. The molecule has 1 fully saturated rings. The summed E-state index contributed by atoms with van der Waals surface area (Å²) in [7, 11) is 1.44. The molecule has 5 heteroatoms. The number of ether oxygens (including phenoxy) is 1. The molecule has 0 aliphatic heterocycles. The highest BCUT2D eigenvalue weighted by Gasteiger charge is 2.32. The smallest absolute Gasteiger partial charge is 0.252 e. The summed E-state index contributed by atoms with van der Waals surface area (Å²) in [5, 5.41) is 21.2. The first-order chi connectivity index (χ1) is 8.65. The Morgan fingerprint density at radius 3 is 2.83 bits per heavy atom. The Morgan fingerprint density at radius 1 is 1.61 bits per heavy atom. The average molecular weight is 246 g/mol. The van der Waals surface area contributed by atoms with Crippen LogP contribution in [0.5, 0.6) is 11.5 Å². The number of nitrogens with zero attached hydrogens (tertiary/aromatic N) is 1. The molecule has 1 aromatic carbocycles. The molecule has 18 heavy (non-hydrogen) atoms. The third-order valence-corrected chi connectivity index (χ3v) is 2.96. The summed E-state index contributed by atoms with van der Waals surface area (Å²) in [5.41, 5.74) is 0.314. The van der Waals surface area contributed by atoms with Gasteiger partial charge in [0.05, 0.1) is 13.2 Å². The largest absolute Gasteiger partial charge is 0.504 e. The fourth-order valence-corrected chi connectivity index (χ4v) is 1.74. The van der Waals surface area contributed by atoms with E-state index in [0.717, 1.165) is 12.8 Å². The second kappa shape index (κ2) is 4.96. The van der Waals surface area contributed by atoms with E-state index in [9.17, 15) is 9.90 Å². The van der Waals surface area contributed by atoms with E-state index in [-0.39, 0.29) is 17.6 Å². The van der Waals surface area contributed by atoms with Crippen LogP contribution in [0.15, 0.2) is 18.2 Å². The van der Waals surface area contributed by atoms with Crippen molar-refractivity contribution in [2.75, 3.05) is 7.11 Å². The summed E-state index contributed by atoms with van der Waals surface area (Å²) in [6, 6.07) is 6.04. The van der Waals surface area contributed by atoms with Crippen LogP contribution in [-0.4, -0.2) is 24.2 Å². The van der Waals surface area contributed by atoms with Crippen molar-refractivity contribution in [1.82, 2.24) is 5.32 Å². The molecular formula is C13H14N2O3. The first kappa shape index (κ1) is 12.2. The maximum Gasteiger partial charge on any atom is 0.252 e. The molecule has 2 N–H and O–H groups in total. The number of hydrogen-bond acceptors (Lipinski definition) is 4. The number of amides is 1. The number of hydrogen-bond donors (Lipinski definition) is 2. The number of methoxy groups -OCH3 is 1. The number of nitrogens with one attached hydrogen (secondary N) is 1. The second-order valence-electron chi connectivity index (χ2n) is 4.30. The zero-order valence-corrected chi connectivity index (χ0v) is 10.0. The molecule has 94 valence electrons. The maximum atomic E-state index is 11.9. The molecule has 0 bridgehead atoms. The van der Waals surface area contributed by atoms with E-state index in [2.05, 4.69) is 11.4 Å². The lowest BCUT2D eigenvalue weighted by molar-refractivity contribution is 0.0941. The molecule has 1 unspecified atom stereocenters. The van der Waals surface area contributed by atoms with E-state index < -0.39 is 6.04 Å². The molecule has 5 nitrogen and oxygen atoms in total. The fourth-order valence-electron chi connectivity index (χ4n) is 1.74. The van der Waals surface area contributed by atoms with Crippen molar-refractivity contribution in [3.63, 3.8) is 0 Å². The van der Waals surface area contributed by atoms with Gasteiger partial charge in [-0.3, -0.25) is 4.79 Å². The van der Waals surface area contributed by atoms with Gasteiger partial charge in [-0.25, -0.2) is 0 Å². The molecule has 0 spiro atoms. The van der Waals surface area contributed by atoms with Gasteiger partial charge >= 0.3 is 0 Å². The predicted octanol–water partition coefficient (Wildman–Crippen LogP) is 1.43. The Morgan fingerprint density at radius 2 is 2.33 bits per heavy atom. The van der Waals surface area contributed by atoms with Crippen LogP contribution in [0.3, 0.4) is 0 Å². The zero-order chi connectivity index (χ0) is 13.1. The van der Waals surface area contributed by atoms with E-state index in [1.165, 1.54) is 19.2 Å². The maximum absolute atomic E-state index is 11.9. The molecule has 0 saturated heterocycles. The van der Waals surface area contributed by atoms with E-state index in [0.29, 0.717) is 11.3 Å². The molecule has 1 aromatic rings. The molecular weight excluding hydrogens is 232 g/mol. The number of phenolic OH excluding ortho intramolecular Hbond substituents is 1. The minimum atomic E-state index is -0.443. The molecule has 2 rings (SSSR count). The number of carbonyl (C=O) groups is 1. The molecule has 1 saturated carbocycles. The van der Waals surface area contributed by atoms with Crippen molar-refractivity contribution >= 4 is 5.91 Å². The Balaban J connectivity index is 2.09. The SMILES string of the molecule is COc1ccc(C(=O)NC(C#N)C2CC2)cc1O. The predicted molar refractivity (Wildman–Crippen MR) is 64.3 cm³/mol. The summed E-state index contributed by atoms with van der Waals surface area (Å²) in [6.07, 6.45) is 1.96. The minimum absolute atomic E-state index is 0.0925. The number of rotatable bonds is 4.